The zero-order valence-electron chi connectivity index (χ0n) is 23.1. The Morgan fingerprint density at radius 1 is 1.08 bits per heavy atom. The Bertz CT molecular complexity index is 893. The number of hydrogen-bond acceptors (Lipinski definition) is 6. The summed E-state index contributed by atoms with van der Waals surface area (Å²) in [5.41, 5.74) is 4.37. The normalized spacial score (nSPS) is 24.8. The number of fused-ring (bicyclic) bond motifs is 1. The number of ether oxygens (including phenoxy) is 1. The maximum Gasteiger partial charge on any atom is 0.408 e. The molecule has 3 unspecified atom stereocenters. The number of nitrogens with two attached hydrogens (primary N) is 1. The maximum atomic E-state index is 13.8. The number of rotatable bonds is 10. The molecule has 1 aliphatic heterocycles. The Balaban J connectivity index is 2.29. The van der Waals surface area contributed by atoms with Crippen molar-refractivity contribution in [3.8, 4) is 0 Å². The first-order valence-corrected chi connectivity index (χ1v) is 12.9. The molecule has 36 heavy (non-hydrogen) atoms. The van der Waals surface area contributed by atoms with E-state index in [0.717, 1.165) is 0 Å². The molecule has 204 valence electrons. The van der Waals surface area contributed by atoms with Gasteiger partial charge in [0.15, 0.2) is 0 Å². The van der Waals surface area contributed by atoms with Crippen molar-refractivity contribution in [1.82, 2.24) is 15.5 Å². The average Bonchev–Trinajstić information content (AvgIpc) is 3.09. The molecule has 10 heteroatoms. The summed E-state index contributed by atoms with van der Waals surface area (Å²) in [6.45, 7) is 17.4. The third-order valence-corrected chi connectivity index (χ3v) is 7.82. The lowest BCUT2D eigenvalue weighted by Gasteiger charge is -2.37. The van der Waals surface area contributed by atoms with Gasteiger partial charge in [0.2, 0.25) is 17.6 Å². The first kappa shape index (κ1) is 29.6. The molecule has 2 rings (SSSR count). The van der Waals surface area contributed by atoms with Crippen LogP contribution < -0.4 is 16.4 Å². The van der Waals surface area contributed by atoms with Crippen LogP contribution in [0.25, 0.3) is 0 Å². The van der Waals surface area contributed by atoms with Gasteiger partial charge < -0.3 is 26.0 Å². The predicted octanol–water partition coefficient (Wildman–Crippen LogP) is 1.99. The largest absolute Gasteiger partial charge is 0.446 e. The Hall–Kier alpha value is -2.65. The molecule has 1 saturated carbocycles. The minimum absolute atomic E-state index is 0.0964. The minimum Gasteiger partial charge on any atom is -0.446 e. The van der Waals surface area contributed by atoms with E-state index in [9.17, 15) is 24.0 Å². The molecular formula is C26H44N4O6. The zero-order valence-corrected chi connectivity index (χ0v) is 23.1. The number of nitrogens with one attached hydrogen (secondary N) is 2. The molecule has 1 saturated heterocycles. The monoisotopic (exact) mass is 508 g/mol. The molecule has 4 amide bonds. The van der Waals surface area contributed by atoms with Gasteiger partial charge in [0.25, 0.3) is 5.91 Å². The predicted molar refractivity (Wildman–Crippen MR) is 134 cm³/mol. The SMILES string of the molecule is CCCC(NC(=O)[C@@H]1C2C(CN1C(=O)[C@@H](NC(=O)O[C@H](C)C(C)C)C(C)(C)C)C2(C)C)C(=O)C(N)=O. The number of Topliss-reactive ketones (excluding diaryl/α,β-unsaturated/α-hetero) is 1. The third-order valence-electron chi connectivity index (χ3n) is 7.82. The van der Waals surface area contributed by atoms with Crippen LogP contribution in [0.3, 0.4) is 0 Å². The van der Waals surface area contributed by atoms with Gasteiger partial charge in [-0.1, -0.05) is 61.8 Å². The fourth-order valence-electron chi connectivity index (χ4n) is 5.07. The molecule has 0 radical (unpaired) electrons. The summed E-state index contributed by atoms with van der Waals surface area (Å²) in [4.78, 5) is 65.2. The van der Waals surface area contributed by atoms with E-state index >= 15 is 0 Å². The van der Waals surface area contributed by atoms with Gasteiger partial charge in [0.1, 0.15) is 18.2 Å². The Morgan fingerprint density at radius 2 is 1.67 bits per heavy atom. The van der Waals surface area contributed by atoms with Gasteiger partial charge in [-0.25, -0.2) is 4.79 Å². The second-order valence-corrected chi connectivity index (χ2v) is 12.3. The lowest BCUT2D eigenvalue weighted by molar-refractivity contribution is -0.145. The molecule has 0 aromatic carbocycles. The Labute approximate surface area is 214 Å². The molecule has 10 nitrogen and oxygen atoms in total. The number of amides is 4. The summed E-state index contributed by atoms with van der Waals surface area (Å²) in [5.74, 6) is -2.71. The van der Waals surface area contributed by atoms with E-state index in [1.54, 1.807) is 6.92 Å². The second-order valence-electron chi connectivity index (χ2n) is 12.3. The van der Waals surface area contributed by atoms with E-state index in [-0.39, 0.29) is 41.6 Å². The molecule has 1 heterocycles. The van der Waals surface area contributed by atoms with Crippen molar-refractivity contribution in [2.45, 2.75) is 99.4 Å². The van der Waals surface area contributed by atoms with E-state index in [1.165, 1.54) is 4.90 Å². The van der Waals surface area contributed by atoms with Crippen LogP contribution >= 0.6 is 0 Å². The summed E-state index contributed by atoms with van der Waals surface area (Å²) in [6.07, 6.45) is -0.206. The van der Waals surface area contributed by atoms with E-state index in [1.807, 2.05) is 55.4 Å². The highest BCUT2D eigenvalue weighted by Gasteiger charge is 2.69. The van der Waals surface area contributed by atoms with Crippen LogP contribution in [0.1, 0.15) is 75.2 Å². The first-order valence-electron chi connectivity index (χ1n) is 12.9. The molecular weight excluding hydrogens is 464 g/mol. The number of carbonyl (C=O) groups excluding carboxylic acids is 5. The molecule has 1 aliphatic carbocycles. The number of likely N-dealkylation sites (tertiary alicyclic amines) is 1. The van der Waals surface area contributed by atoms with Crippen molar-refractivity contribution in [1.29, 1.82) is 0 Å². The third kappa shape index (κ3) is 6.18. The number of piperidine rings is 1. The van der Waals surface area contributed by atoms with Crippen LogP contribution in [0.5, 0.6) is 0 Å². The highest BCUT2D eigenvalue weighted by molar-refractivity contribution is 6.37. The standard InChI is InChI=1S/C26H44N4O6/c1-10-11-16(19(31)21(27)32)28-22(33)18-17-15(26(17,8)9)12-30(18)23(34)20(25(5,6)7)29-24(35)36-14(4)13(2)3/h13-18,20H,10-12H2,1-9H3,(H2,27,32)(H,28,33)(H,29,35)/t14-,15?,16?,17?,18+,20-/m1/s1. The summed E-state index contributed by atoms with van der Waals surface area (Å²) >= 11 is 0. The molecule has 4 N–H and O–H groups in total. The van der Waals surface area contributed by atoms with Gasteiger partial charge in [-0.2, -0.15) is 0 Å². The minimum atomic E-state index is -1.11. The Kier molecular flexibility index (Phi) is 8.84. The Morgan fingerprint density at radius 3 is 2.14 bits per heavy atom. The second kappa shape index (κ2) is 10.8. The fourth-order valence-corrected chi connectivity index (χ4v) is 5.07. The number of primary amides is 1. The van der Waals surface area contributed by atoms with Crippen LogP contribution in [0.15, 0.2) is 0 Å². The quantitative estimate of drug-likeness (QED) is 0.384. The fraction of sp³-hybridized carbons (Fsp3) is 0.808. The first-order chi connectivity index (χ1) is 16.4. The highest BCUT2D eigenvalue weighted by atomic mass is 16.6. The van der Waals surface area contributed by atoms with E-state index in [4.69, 9.17) is 10.5 Å². The maximum absolute atomic E-state index is 13.8. The molecule has 0 bridgehead atoms. The van der Waals surface area contributed by atoms with Gasteiger partial charge >= 0.3 is 6.09 Å². The van der Waals surface area contributed by atoms with Crippen molar-refractivity contribution in [2.75, 3.05) is 6.54 Å². The summed E-state index contributed by atoms with van der Waals surface area (Å²) in [5, 5.41) is 5.41. The van der Waals surface area contributed by atoms with Gasteiger partial charge in [0.05, 0.1) is 6.04 Å². The van der Waals surface area contributed by atoms with Crippen molar-refractivity contribution >= 4 is 29.6 Å². The number of nitrogens with zero attached hydrogens (tertiary/aromatic N) is 1. The van der Waals surface area contributed by atoms with Crippen LogP contribution in [0.4, 0.5) is 4.79 Å². The number of alkyl carbamates (subject to hydrolysis) is 1. The van der Waals surface area contributed by atoms with Crippen LogP contribution in [0.2, 0.25) is 0 Å². The van der Waals surface area contributed by atoms with Gasteiger partial charge in [-0.3, -0.25) is 19.2 Å². The lowest BCUT2D eigenvalue weighted by atomic mass is 9.85. The zero-order chi connectivity index (χ0) is 27.7. The highest BCUT2D eigenvalue weighted by Crippen LogP contribution is 2.65. The van der Waals surface area contributed by atoms with E-state index < -0.39 is 47.2 Å². The van der Waals surface area contributed by atoms with E-state index in [2.05, 4.69) is 10.6 Å². The average molecular weight is 509 g/mol. The van der Waals surface area contributed by atoms with Crippen molar-refractivity contribution < 1.29 is 28.7 Å². The topological polar surface area (TPSA) is 148 Å². The van der Waals surface area contributed by atoms with Crippen molar-refractivity contribution in [3.63, 3.8) is 0 Å². The summed E-state index contributed by atoms with van der Waals surface area (Å²) in [6, 6.07) is -2.80. The molecule has 0 spiro atoms. The number of ketones is 1. The van der Waals surface area contributed by atoms with E-state index in [0.29, 0.717) is 13.0 Å². The van der Waals surface area contributed by atoms with Crippen LogP contribution in [0, 0.1) is 28.6 Å². The van der Waals surface area contributed by atoms with Gasteiger partial charge in [-0.15, -0.1) is 0 Å². The number of carbonyl (C=O) groups is 5. The lowest BCUT2D eigenvalue weighted by Crippen LogP contribution is -2.60. The molecule has 2 fully saturated rings. The molecule has 0 aromatic rings. The summed E-state index contributed by atoms with van der Waals surface area (Å²) < 4.78 is 5.43. The van der Waals surface area contributed by atoms with Crippen molar-refractivity contribution in [3.05, 3.63) is 0 Å². The van der Waals surface area contributed by atoms with Gasteiger partial charge in [0, 0.05) is 6.54 Å². The molecule has 6 atom stereocenters. The molecule has 0 aromatic heterocycles. The van der Waals surface area contributed by atoms with Crippen LogP contribution in [-0.2, 0) is 23.9 Å². The van der Waals surface area contributed by atoms with Gasteiger partial charge in [-0.05, 0) is 41.9 Å². The van der Waals surface area contributed by atoms with Crippen molar-refractivity contribution in [2.24, 2.45) is 34.3 Å². The number of hydrogen-bond donors (Lipinski definition) is 3. The molecule has 2 aliphatic rings. The van der Waals surface area contributed by atoms with Crippen LogP contribution in [-0.4, -0.2) is 65.3 Å². The smallest absolute Gasteiger partial charge is 0.408 e. The summed E-state index contributed by atoms with van der Waals surface area (Å²) in [7, 11) is 0.